The Morgan fingerprint density at radius 2 is 0.664 bits per heavy atom. The predicted octanol–water partition coefficient (Wildman–Crippen LogP) is 21.5. The third kappa shape index (κ3) is 16.6. The summed E-state index contributed by atoms with van der Waals surface area (Å²) >= 11 is 0. The number of esters is 1. The monoisotopic (exact) mass is 1500 g/mol. The smallest absolute Gasteiger partial charge is 0.330 e. The maximum Gasteiger partial charge on any atom is 0.330 e. The minimum atomic E-state index is -0.392. The minimum Gasteiger partial charge on any atom is -0.466 e. The largest absolute Gasteiger partial charge is 0.466 e. The Hall–Kier alpha value is -11.1. The maximum absolute atomic E-state index is 12.6. The van der Waals surface area contributed by atoms with Gasteiger partial charge in [0.05, 0.1) is 45.0 Å². The lowest BCUT2D eigenvalue weighted by atomic mass is 9.75. The fourth-order valence-corrected chi connectivity index (χ4v) is 18.9. The first-order valence-electron chi connectivity index (χ1n) is 40.9. The van der Waals surface area contributed by atoms with Crippen LogP contribution in [0.4, 0.5) is 22.7 Å². The van der Waals surface area contributed by atoms with Crippen molar-refractivity contribution in [2.75, 3.05) is 28.4 Å². The first-order valence-corrected chi connectivity index (χ1v) is 40.9. The van der Waals surface area contributed by atoms with Gasteiger partial charge in [-0.05, 0) is 263 Å². The number of allylic oxidation sites excluding steroid dienone is 5. The second-order valence-corrected chi connectivity index (χ2v) is 33.5. The van der Waals surface area contributed by atoms with E-state index >= 15 is 0 Å². The number of carbonyl (C=O) groups is 5. The van der Waals surface area contributed by atoms with Gasteiger partial charge in [-0.1, -0.05) is 208 Å². The van der Waals surface area contributed by atoms with E-state index in [0.29, 0.717) is 31.1 Å². The van der Waals surface area contributed by atoms with E-state index in [4.69, 9.17) is 0 Å². The summed E-state index contributed by atoms with van der Waals surface area (Å²) in [4.78, 5) is 61.4. The van der Waals surface area contributed by atoms with Crippen LogP contribution in [0.25, 0.3) is 68.9 Å². The number of fused-ring (bicyclic) bond motifs is 16. The maximum atomic E-state index is 12.6. The third-order valence-corrected chi connectivity index (χ3v) is 25.1. The van der Waals surface area contributed by atoms with Crippen LogP contribution in [0.1, 0.15) is 227 Å². The molecule has 4 atom stereocenters. The zero-order chi connectivity index (χ0) is 78.2. The van der Waals surface area contributed by atoms with Crippen molar-refractivity contribution in [3.8, 4) is 0 Å². The summed E-state index contributed by atoms with van der Waals surface area (Å²) in [6, 6.07) is 51.1. The summed E-state index contributed by atoms with van der Waals surface area (Å²) in [7, 11) is 1.36. The van der Waals surface area contributed by atoms with Crippen LogP contribution in [0.15, 0.2) is 170 Å². The fourth-order valence-electron chi connectivity index (χ4n) is 18.9. The van der Waals surface area contributed by atoms with Gasteiger partial charge in [0.15, 0.2) is 0 Å². The summed E-state index contributed by atoms with van der Waals surface area (Å²) in [6.07, 6.45) is 36.4. The molecule has 113 heavy (non-hydrogen) atoms. The minimum absolute atomic E-state index is 0.00320. The SMILES string of the molecule is COC(=O)/C=C\c1ccc2c(c1)C1=C(CC(=O)N2)c2cc(C)ccc2C1.Cc1ccc2c(c1)C1=C(C2)c2cc(/C=C/C3(C)CCCCC3)ccc2NC(=O)C1.Cc1ccc2c(c1)C1=C(C2)c2cc(/C=C/C3CCCCC3O)ccc2NC(=O)C1.Cc1ccc2c(c1)C1=C(C2)c2cc(/C=C\C3CCCCC3O)ccc2NC(=O)C1. The number of hydrogen-bond donors (Lipinski definition) is 6. The number of aryl methyl sites for hydroxylation is 4. The van der Waals surface area contributed by atoms with Gasteiger partial charge >= 0.3 is 5.97 Å². The molecular weight excluding hydrogens is 1400 g/mol. The summed E-state index contributed by atoms with van der Waals surface area (Å²) in [5.41, 5.74) is 37.5. The fraction of sp³-hybridized carbons (Fsp3) is 0.317. The topological polar surface area (TPSA) is 183 Å². The van der Waals surface area contributed by atoms with Crippen LogP contribution in [0.5, 0.6) is 0 Å². The van der Waals surface area contributed by atoms with Gasteiger partial charge in [0.1, 0.15) is 0 Å². The molecule has 12 heteroatoms. The van der Waals surface area contributed by atoms with E-state index in [1.165, 1.54) is 175 Å². The summed E-state index contributed by atoms with van der Waals surface area (Å²) in [6.45, 7) is 10.8. The van der Waals surface area contributed by atoms with E-state index in [1.807, 2.05) is 30.3 Å². The van der Waals surface area contributed by atoms with Crippen LogP contribution in [0, 0.1) is 44.9 Å². The second-order valence-electron chi connectivity index (χ2n) is 33.5. The first kappa shape index (κ1) is 76.0. The molecule has 19 rings (SSSR count). The van der Waals surface area contributed by atoms with Crippen LogP contribution in [0.2, 0.25) is 0 Å². The molecule has 11 aliphatic rings. The standard InChI is InChI=1S/C27H29NO.2C26H27NO2.C22H19NO3/c1-18-6-8-20-16-22-23(21(20)14-18)17-26(29)28-25-9-7-19(15-24(22)25)10-13-27(2)11-4-3-5-12-27;2*1-16-6-9-19-14-21-22(20(19)12-16)15-26(29)27-24-11-8-17(13-23(21)24)7-10-18-4-2-3-5-25(18)28;1-13-3-6-15-11-17-18(16(15)9-13)12-21(24)23-20-7-4-14(10-19(17)20)5-8-22(25)26-2/h6-10,13-15H,3-5,11-12,16-17H2,1-2H3,(H,28,29);2*6-13,18,25,28H,2-5,14-15H2,1H3,(H,27,29);3-10H,11-12H2,1-2H3,(H,23,24)/b13-10+;10-7+;10-7-;8-5-. The van der Waals surface area contributed by atoms with Crippen LogP contribution in [0.3, 0.4) is 0 Å². The van der Waals surface area contributed by atoms with Gasteiger partial charge in [-0.25, -0.2) is 4.79 Å². The highest BCUT2D eigenvalue weighted by Crippen LogP contribution is 2.50. The molecule has 3 fully saturated rings. The molecule has 6 N–H and O–H groups in total. The molecule has 4 heterocycles. The normalized spacial score (nSPS) is 20.7. The van der Waals surface area contributed by atoms with Crippen LogP contribution in [-0.4, -0.2) is 59.1 Å². The Morgan fingerprint density at radius 1 is 0.363 bits per heavy atom. The quantitative estimate of drug-likeness (QED) is 0.0642. The molecule has 4 aliphatic heterocycles. The van der Waals surface area contributed by atoms with Crippen LogP contribution in [-0.2, 0) is 54.4 Å². The highest BCUT2D eigenvalue weighted by Gasteiger charge is 2.35. The van der Waals surface area contributed by atoms with Crippen molar-refractivity contribution in [1.82, 2.24) is 0 Å². The lowest BCUT2D eigenvalue weighted by Gasteiger charge is -2.30. The molecule has 8 aromatic carbocycles. The number of rotatable bonds is 8. The van der Waals surface area contributed by atoms with Gasteiger partial charge in [-0.15, -0.1) is 0 Å². The Labute approximate surface area is 664 Å². The molecule has 12 nitrogen and oxygen atoms in total. The average molecular weight is 1500 g/mol. The van der Waals surface area contributed by atoms with E-state index < -0.39 is 5.97 Å². The molecule has 0 bridgehead atoms. The number of aliphatic hydroxyl groups excluding tert-OH is 2. The van der Waals surface area contributed by atoms with Crippen LogP contribution < -0.4 is 21.3 Å². The molecule has 0 radical (unpaired) electrons. The molecule has 0 spiro atoms. The molecule has 0 saturated heterocycles. The number of methoxy groups -OCH3 is 1. The van der Waals surface area contributed by atoms with E-state index in [1.54, 1.807) is 6.08 Å². The number of carbonyl (C=O) groups excluding carboxylic acids is 5. The Bertz CT molecular complexity index is 5320. The zero-order valence-corrected chi connectivity index (χ0v) is 66.0. The van der Waals surface area contributed by atoms with Gasteiger partial charge in [-0.2, -0.15) is 0 Å². The number of anilines is 4. The van der Waals surface area contributed by atoms with Gasteiger partial charge in [0, 0.05) is 62.9 Å². The van der Waals surface area contributed by atoms with E-state index in [2.05, 4.69) is 212 Å². The van der Waals surface area contributed by atoms with Gasteiger partial charge in [-0.3, -0.25) is 19.2 Å². The highest BCUT2D eigenvalue weighted by molar-refractivity contribution is 6.16. The molecule has 7 aliphatic carbocycles. The Balaban J connectivity index is 0.000000114. The van der Waals surface area contributed by atoms with Crippen molar-refractivity contribution in [3.05, 3.63) is 281 Å². The number of ether oxygens (including phenoxy) is 1. The summed E-state index contributed by atoms with van der Waals surface area (Å²) in [5.74, 6) is 0.300. The number of nitrogens with one attached hydrogen (secondary N) is 4. The van der Waals surface area contributed by atoms with Crippen molar-refractivity contribution in [2.24, 2.45) is 17.3 Å². The van der Waals surface area contributed by atoms with Crippen molar-refractivity contribution in [1.29, 1.82) is 0 Å². The van der Waals surface area contributed by atoms with E-state index in [0.717, 1.165) is 126 Å². The number of hydrogen-bond acceptors (Lipinski definition) is 8. The zero-order valence-electron chi connectivity index (χ0n) is 66.0. The lowest BCUT2D eigenvalue weighted by molar-refractivity contribution is -0.134. The summed E-state index contributed by atoms with van der Waals surface area (Å²) in [5, 5.41) is 32.8. The molecule has 4 amide bonds. The van der Waals surface area contributed by atoms with Crippen LogP contribution >= 0.6 is 0 Å². The molecule has 0 aromatic heterocycles. The van der Waals surface area contributed by atoms with E-state index in [-0.39, 0.29) is 47.7 Å². The lowest BCUT2D eigenvalue weighted by Crippen LogP contribution is -2.22. The van der Waals surface area contributed by atoms with Crippen molar-refractivity contribution < 1.29 is 38.9 Å². The van der Waals surface area contributed by atoms with Crippen molar-refractivity contribution in [2.45, 2.75) is 182 Å². The third-order valence-electron chi connectivity index (χ3n) is 25.1. The molecule has 8 aromatic rings. The number of benzene rings is 8. The highest BCUT2D eigenvalue weighted by atomic mass is 16.5. The number of aliphatic hydroxyl groups is 2. The van der Waals surface area contributed by atoms with Gasteiger partial charge in [0.2, 0.25) is 23.6 Å². The number of amides is 4. The first-order chi connectivity index (χ1) is 54.7. The average Bonchev–Trinajstić information content (AvgIpc) is 1.63. The molecule has 574 valence electrons. The molecule has 3 saturated carbocycles. The van der Waals surface area contributed by atoms with Crippen molar-refractivity contribution >= 4 is 121 Å². The summed E-state index contributed by atoms with van der Waals surface area (Å²) < 4.78 is 4.65. The Kier molecular flexibility index (Phi) is 21.9. The molecular formula is C101H102N4O8. The van der Waals surface area contributed by atoms with Crippen molar-refractivity contribution in [3.63, 3.8) is 0 Å². The van der Waals surface area contributed by atoms with Gasteiger partial charge in [0.25, 0.3) is 0 Å². The Morgan fingerprint density at radius 3 is 0.982 bits per heavy atom. The van der Waals surface area contributed by atoms with E-state index in [9.17, 15) is 34.2 Å². The second kappa shape index (κ2) is 32.6. The predicted molar refractivity (Wildman–Crippen MR) is 461 cm³/mol. The molecule has 4 unspecified atom stereocenters. The van der Waals surface area contributed by atoms with Gasteiger partial charge < -0.3 is 36.2 Å².